The average Bonchev–Trinajstić information content (AvgIpc) is 3.16. The van der Waals surface area contributed by atoms with Gasteiger partial charge in [0.2, 0.25) is 0 Å². The first-order chi connectivity index (χ1) is 16.1. The zero-order valence-corrected chi connectivity index (χ0v) is 19.9. The van der Waals surface area contributed by atoms with Crippen molar-refractivity contribution < 1.29 is 9.53 Å². The molecule has 1 N–H and O–H groups in total. The van der Waals surface area contributed by atoms with Crippen LogP contribution in [0, 0.1) is 10.5 Å². The van der Waals surface area contributed by atoms with Crippen LogP contribution in [0.2, 0.25) is 0 Å². The smallest absolute Gasteiger partial charge is 0.409 e. The fourth-order valence-corrected chi connectivity index (χ4v) is 4.29. The highest BCUT2D eigenvalue weighted by Crippen LogP contribution is 2.30. The number of carbonyl (C=O) groups excluding carboxylic acids is 1. The Hall–Kier alpha value is -3.53. The first-order valence-corrected chi connectivity index (χ1v) is 11.5. The van der Waals surface area contributed by atoms with Gasteiger partial charge in [-0.05, 0) is 53.3 Å². The molecule has 0 fully saturated rings. The van der Waals surface area contributed by atoms with E-state index in [9.17, 15) is 4.79 Å². The molecule has 0 radical (unpaired) electrons. The molecule has 1 aliphatic rings. The standard InChI is InChI=1S/C25H20IN5O2/c1-16-29-30-24-23(28-25(32)33-15-17-8-4-2-5-9-17)27-22(18-10-6-3-7-11-18)20-14-19(26)12-13-21(20)31(16)24/h2-14,23H,15H2,1H3,(H,28,32). The second-order valence-corrected chi connectivity index (χ2v) is 8.80. The van der Waals surface area contributed by atoms with Crippen LogP contribution in [0.5, 0.6) is 0 Å². The second-order valence-electron chi connectivity index (χ2n) is 7.55. The van der Waals surface area contributed by atoms with E-state index in [2.05, 4.69) is 44.2 Å². The minimum absolute atomic E-state index is 0.165. The van der Waals surface area contributed by atoms with Gasteiger partial charge in [-0.1, -0.05) is 60.7 Å². The summed E-state index contributed by atoms with van der Waals surface area (Å²) < 4.78 is 8.47. The van der Waals surface area contributed by atoms with E-state index >= 15 is 0 Å². The number of aromatic nitrogens is 3. The van der Waals surface area contributed by atoms with E-state index in [-0.39, 0.29) is 6.61 Å². The van der Waals surface area contributed by atoms with Gasteiger partial charge in [0.1, 0.15) is 12.4 Å². The molecule has 0 spiro atoms. The summed E-state index contributed by atoms with van der Waals surface area (Å²) in [7, 11) is 0. The van der Waals surface area contributed by atoms with Crippen molar-refractivity contribution in [1.29, 1.82) is 0 Å². The number of benzene rings is 3. The lowest BCUT2D eigenvalue weighted by Gasteiger charge is -2.14. The largest absolute Gasteiger partial charge is 0.445 e. The lowest BCUT2D eigenvalue weighted by molar-refractivity contribution is 0.135. The lowest BCUT2D eigenvalue weighted by Crippen LogP contribution is -2.30. The number of aryl methyl sites for hydroxylation is 1. The fraction of sp³-hybridized carbons (Fsp3) is 0.120. The molecule has 1 amide bonds. The van der Waals surface area contributed by atoms with E-state index in [1.807, 2.05) is 84.3 Å². The topological polar surface area (TPSA) is 81.4 Å². The van der Waals surface area contributed by atoms with Crippen LogP contribution < -0.4 is 5.32 Å². The number of hydrogen-bond donors (Lipinski definition) is 1. The van der Waals surface area contributed by atoms with E-state index in [1.165, 1.54) is 0 Å². The Kier molecular flexibility index (Phi) is 5.91. The highest BCUT2D eigenvalue weighted by atomic mass is 127. The zero-order chi connectivity index (χ0) is 22.8. The summed E-state index contributed by atoms with van der Waals surface area (Å²) in [6.45, 7) is 2.05. The fourth-order valence-electron chi connectivity index (χ4n) is 3.80. The monoisotopic (exact) mass is 549 g/mol. The van der Waals surface area contributed by atoms with Gasteiger partial charge in [-0.15, -0.1) is 10.2 Å². The van der Waals surface area contributed by atoms with Gasteiger partial charge in [0, 0.05) is 14.7 Å². The molecule has 1 aliphatic heterocycles. The molecule has 1 atom stereocenters. The molecule has 164 valence electrons. The number of alkyl carbamates (subject to hydrolysis) is 1. The van der Waals surface area contributed by atoms with Crippen molar-refractivity contribution in [2.24, 2.45) is 4.99 Å². The third kappa shape index (κ3) is 4.38. The van der Waals surface area contributed by atoms with Crippen LogP contribution in [0.3, 0.4) is 0 Å². The molecule has 0 aliphatic carbocycles. The summed E-state index contributed by atoms with van der Waals surface area (Å²) in [4.78, 5) is 17.7. The van der Waals surface area contributed by atoms with Crippen LogP contribution in [0.15, 0.2) is 83.9 Å². The maximum atomic E-state index is 12.7. The molecule has 1 aromatic heterocycles. The number of carbonyl (C=O) groups is 1. The van der Waals surface area contributed by atoms with Crippen molar-refractivity contribution >= 4 is 34.4 Å². The van der Waals surface area contributed by atoms with Gasteiger partial charge < -0.3 is 4.74 Å². The van der Waals surface area contributed by atoms with E-state index in [4.69, 9.17) is 9.73 Å². The van der Waals surface area contributed by atoms with Gasteiger partial charge in [0.25, 0.3) is 0 Å². The Balaban J connectivity index is 1.55. The summed E-state index contributed by atoms with van der Waals surface area (Å²) in [5, 5.41) is 11.5. The normalized spacial score (nSPS) is 14.5. The maximum Gasteiger partial charge on any atom is 0.409 e. The Bertz CT molecular complexity index is 1340. The average molecular weight is 549 g/mol. The van der Waals surface area contributed by atoms with E-state index in [0.717, 1.165) is 31.7 Å². The second kappa shape index (κ2) is 9.14. The molecule has 0 saturated carbocycles. The first-order valence-electron chi connectivity index (χ1n) is 10.4. The molecular formula is C25H20IN5O2. The van der Waals surface area contributed by atoms with Crippen molar-refractivity contribution in [3.63, 3.8) is 0 Å². The quantitative estimate of drug-likeness (QED) is 0.365. The molecule has 3 aromatic carbocycles. The molecule has 7 nitrogen and oxygen atoms in total. The van der Waals surface area contributed by atoms with E-state index < -0.39 is 12.3 Å². The van der Waals surface area contributed by atoms with Crippen LogP contribution in [-0.2, 0) is 11.3 Å². The molecule has 4 aromatic rings. The number of ether oxygens (including phenoxy) is 1. The highest BCUT2D eigenvalue weighted by molar-refractivity contribution is 14.1. The predicted molar refractivity (Wildman–Crippen MR) is 133 cm³/mol. The van der Waals surface area contributed by atoms with Crippen LogP contribution in [0.1, 0.15) is 34.5 Å². The summed E-state index contributed by atoms with van der Waals surface area (Å²) in [5.41, 5.74) is 4.48. The number of hydrogen-bond acceptors (Lipinski definition) is 5. The molecular weight excluding hydrogens is 529 g/mol. The summed E-state index contributed by atoms with van der Waals surface area (Å²) in [5.74, 6) is 1.24. The number of halogens is 1. The Morgan fingerprint density at radius 1 is 1.03 bits per heavy atom. The highest BCUT2D eigenvalue weighted by Gasteiger charge is 2.29. The number of nitrogens with one attached hydrogen (secondary N) is 1. The first kappa shape index (κ1) is 21.3. The zero-order valence-electron chi connectivity index (χ0n) is 17.8. The minimum Gasteiger partial charge on any atom is -0.445 e. The third-order valence-electron chi connectivity index (χ3n) is 5.32. The molecule has 0 saturated heterocycles. The predicted octanol–water partition coefficient (Wildman–Crippen LogP) is 4.96. The van der Waals surface area contributed by atoms with Crippen molar-refractivity contribution in [3.8, 4) is 5.69 Å². The van der Waals surface area contributed by atoms with Crippen molar-refractivity contribution in [2.75, 3.05) is 0 Å². The Labute approximate surface area is 204 Å². The minimum atomic E-state index is -0.769. The number of fused-ring (bicyclic) bond motifs is 3. The van der Waals surface area contributed by atoms with Crippen LogP contribution in [-0.4, -0.2) is 26.6 Å². The van der Waals surface area contributed by atoms with Gasteiger partial charge in [-0.2, -0.15) is 0 Å². The van der Waals surface area contributed by atoms with Gasteiger partial charge in [0.15, 0.2) is 12.0 Å². The lowest BCUT2D eigenvalue weighted by atomic mass is 10.0. The number of nitrogens with zero attached hydrogens (tertiary/aromatic N) is 4. The van der Waals surface area contributed by atoms with Crippen molar-refractivity contribution in [2.45, 2.75) is 19.7 Å². The van der Waals surface area contributed by atoms with Gasteiger partial charge in [0.05, 0.1) is 11.4 Å². The van der Waals surface area contributed by atoms with Crippen LogP contribution in [0.25, 0.3) is 5.69 Å². The van der Waals surface area contributed by atoms with Crippen LogP contribution in [0.4, 0.5) is 4.79 Å². The molecule has 33 heavy (non-hydrogen) atoms. The SMILES string of the molecule is Cc1nnc2n1-c1ccc(I)cc1C(c1ccccc1)=NC2NC(=O)OCc1ccccc1. The maximum absolute atomic E-state index is 12.7. The molecule has 8 heteroatoms. The van der Waals surface area contributed by atoms with Crippen molar-refractivity contribution in [3.05, 3.63) is 111 Å². The number of aliphatic imine (C=N–C) groups is 1. The van der Waals surface area contributed by atoms with Gasteiger partial charge >= 0.3 is 6.09 Å². The summed E-state index contributed by atoms with van der Waals surface area (Å²) in [6, 6.07) is 25.6. The van der Waals surface area contributed by atoms with Gasteiger partial charge in [-0.25, -0.2) is 4.79 Å². The molecule has 5 rings (SSSR count). The summed E-state index contributed by atoms with van der Waals surface area (Å²) in [6.07, 6.45) is -1.34. The van der Waals surface area contributed by atoms with Crippen LogP contribution >= 0.6 is 22.6 Å². The van der Waals surface area contributed by atoms with Gasteiger partial charge in [-0.3, -0.25) is 14.9 Å². The van der Waals surface area contributed by atoms with E-state index in [0.29, 0.717) is 11.6 Å². The summed E-state index contributed by atoms with van der Waals surface area (Å²) >= 11 is 2.29. The molecule has 0 bridgehead atoms. The Morgan fingerprint density at radius 2 is 1.76 bits per heavy atom. The van der Waals surface area contributed by atoms with Crippen molar-refractivity contribution in [1.82, 2.24) is 20.1 Å². The molecule has 2 heterocycles. The number of rotatable bonds is 4. The Morgan fingerprint density at radius 3 is 2.52 bits per heavy atom. The number of amides is 1. The van der Waals surface area contributed by atoms with E-state index in [1.54, 1.807) is 0 Å². The third-order valence-corrected chi connectivity index (χ3v) is 5.99. The molecule has 1 unspecified atom stereocenters.